The van der Waals surface area contributed by atoms with Gasteiger partial charge in [0.1, 0.15) is 5.57 Å². The van der Waals surface area contributed by atoms with Gasteiger partial charge in [-0.3, -0.25) is 0 Å². The van der Waals surface area contributed by atoms with Gasteiger partial charge in [-0.25, -0.2) is 19.6 Å². The summed E-state index contributed by atoms with van der Waals surface area (Å²) in [4.78, 5) is 28.2. The molecular weight excluding hydrogens is 188 g/mol. The zero-order valence-electron chi connectivity index (χ0n) is 6.91. The highest BCUT2D eigenvalue weighted by molar-refractivity contribution is 6.18. The van der Waals surface area contributed by atoms with Crippen molar-refractivity contribution in [2.24, 2.45) is 0 Å². The van der Waals surface area contributed by atoms with Gasteiger partial charge < -0.3 is 10.2 Å². The highest BCUT2D eigenvalue weighted by Crippen LogP contribution is 2.07. The molecule has 0 unspecified atom stereocenters. The van der Waals surface area contributed by atoms with Crippen molar-refractivity contribution in [1.29, 1.82) is 0 Å². The fraction of sp³-hybridized carbons (Fsp3) is 0. The Morgan fingerprint density at radius 2 is 1.79 bits per heavy atom. The Morgan fingerprint density at radius 3 is 2.21 bits per heavy atom. The molecule has 1 aromatic heterocycles. The van der Waals surface area contributed by atoms with Crippen molar-refractivity contribution >= 4 is 17.5 Å². The maximum absolute atomic E-state index is 10.6. The first-order valence-corrected chi connectivity index (χ1v) is 3.56. The molecule has 0 aliphatic heterocycles. The van der Waals surface area contributed by atoms with Gasteiger partial charge in [-0.15, -0.1) is 0 Å². The molecule has 0 bridgehead atoms. The first-order valence-electron chi connectivity index (χ1n) is 3.56. The minimum atomic E-state index is -1.38. The highest BCUT2D eigenvalue weighted by atomic mass is 16.4. The van der Waals surface area contributed by atoms with Gasteiger partial charge in [-0.05, 0) is 6.07 Å². The molecule has 2 N–H and O–H groups in total. The van der Waals surface area contributed by atoms with E-state index in [1.165, 1.54) is 18.5 Å². The predicted octanol–water partition coefficient (Wildman–Crippen LogP) is 0.0292. The van der Waals surface area contributed by atoms with E-state index in [2.05, 4.69) is 9.97 Å². The van der Waals surface area contributed by atoms with Crippen molar-refractivity contribution in [3.8, 4) is 0 Å². The molecule has 0 fully saturated rings. The molecule has 0 spiro atoms. The molecule has 1 heterocycles. The van der Waals surface area contributed by atoms with Crippen LogP contribution in [0.3, 0.4) is 0 Å². The molecule has 6 heteroatoms. The van der Waals surface area contributed by atoms with Crippen molar-refractivity contribution < 1.29 is 19.8 Å². The molecule has 72 valence electrons. The van der Waals surface area contributed by atoms with Crippen LogP contribution < -0.4 is 0 Å². The second-order valence-corrected chi connectivity index (χ2v) is 2.27. The molecular formula is C8H6N2O4. The molecule has 0 saturated carbocycles. The van der Waals surface area contributed by atoms with E-state index >= 15 is 0 Å². The number of aromatic nitrogens is 2. The minimum Gasteiger partial charge on any atom is -0.478 e. The largest absolute Gasteiger partial charge is 0.478 e. The number of carboxylic acid groups (broad SMARTS) is 2. The number of aliphatic carboxylic acids is 2. The standard InChI is InChI=1S/C8H6N2O4/c11-6(12)4-5(8(13)14)7-9-2-1-3-10-7/h1-4H,(H,11,12)(H,13,14)/b5-4-. The van der Waals surface area contributed by atoms with Crippen LogP contribution in [0.15, 0.2) is 24.5 Å². The Morgan fingerprint density at radius 1 is 1.21 bits per heavy atom. The van der Waals surface area contributed by atoms with Crippen molar-refractivity contribution in [2.75, 3.05) is 0 Å². The van der Waals surface area contributed by atoms with Gasteiger partial charge in [0.2, 0.25) is 0 Å². The second-order valence-electron chi connectivity index (χ2n) is 2.27. The summed E-state index contributed by atoms with van der Waals surface area (Å²) in [6.45, 7) is 0. The molecule has 0 radical (unpaired) electrons. The average molecular weight is 194 g/mol. The Labute approximate surface area is 78.6 Å². The van der Waals surface area contributed by atoms with Crippen molar-refractivity contribution in [3.05, 3.63) is 30.4 Å². The first-order chi connectivity index (χ1) is 6.61. The molecule has 0 amide bonds. The maximum Gasteiger partial charge on any atom is 0.339 e. The van der Waals surface area contributed by atoms with Crippen LogP contribution in [0.1, 0.15) is 5.82 Å². The molecule has 6 nitrogen and oxygen atoms in total. The van der Waals surface area contributed by atoms with E-state index in [0.29, 0.717) is 6.08 Å². The van der Waals surface area contributed by atoms with Gasteiger partial charge in [0, 0.05) is 18.5 Å². The lowest BCUT2D eigenvalue weighted by Crippen LogP contribution is -2.06. The van der Waals surface area contributed by atoms with E-state index in [4.69, 9.17) is 10.2 Å². The second kappa shape index (κ2) is 4.13. The molecule has 14 heavy (non-hydrogen) atoms. The van der Waals surface area contributed by atoms with Gasteiger partial charge in [-0.1, -0.05) is 0 Å². The molecule has 0 aliphatic carbocycles. The zero-order valence-corrected chi connectivity index (χ0v) is 6.91. The van der Waals surface area contributed by atoms with Gasteiger partial charge >= 0.3 is 11.9 Å². The molecule has 1 rings (SSSR count). The van der Waals surface area contributed by atoms with Crippen LogP contribution in [0.4, 0.5) is 0 Å². The summed E-state index contributed by atoms with van der Waals surface area (Å²) >= 11 is 0. The smallest absolute Gasteiger partial charge is 0.339 e. The van der Waals surface area contributed by atoms with Crippen LogP contribution in [-0.4, -0.2) is 32.1 Å². The summed E-state index contributed by atoms with van der Waals surface area (Å²) in [5, 5.41) is 17.1. The number of carbonyl (C=O) groups is 2. The van der Waals surface area contributed by atoms with E-state index in [9.17, 15) is 9.59 Å². The monoisotopic (exact) mass is 194 g/mol. The summed E-state index contributed by atoms with van der Waals surface area (Å²) in [6.07, 6.45) is 3.22. The predicted molar refractivity (Wildman–Crippen MR) is 45.3 cm³/mol. The first kappa shape index (κ1) is 9.85. The number of rotatable bonds is 3. The number of nitrogens with zero attached hydrogens (tertiary/aromatic N) is 2. The molecule has 0 aliphatic rings. The van der Waals surface area contributed by atoms with Crippen molar-refractivity contribution in [3.63, 3.8) is 0 Å². The molecule has 0 atom stereocenters. The van der Waals surface area contributed by atoms with Gasteiger partial charge in [-0.2, -0.15) is 0 Å². The lowest BCUT2D eigenvalue weighted by Gasteiger charge is -1.97. The third-order valence-electron chi connectivity index (χ3n) is 1.30. The Hall–Kier alpha value is -2.24. The van der Waals surface area contributed by atoms with Crippen LogP contribution in [0, 0.1) is 0 Å². The summed E-state index contributed by atoms with van der Waals surface area (Å²) in [6, 6.07) is 1.50. The van der Waals surface area contributed by atoms with Gasteiger partial charge in [0.25, 0.3) is 0 Å². The molecule has 0 aromatic carbocycles. The average Bonchev–Trinajstić information content (AvgIpc) is 2.15. The van der Waals surface area contributed by atoms with Crippen LogP contribution in [0.25, 0.3) is 5.57 Å². The minimum absolute atomic E-state index is 0.123. The molecule has 1 aromatic rings. The SMILES string of the molecule is O=C(O)/C=C(\C(=O)O)c1ncccn1. The van der Waals surface area contributed by atoms with Crippen LogP contribution >= 0.6 is 0 Å². The van der Waals surface area contributed by atoms with Crippen LogP contribution in [0.2, 0.25) is 0 Å². The van der Waals surface area contributed by atoms with Gasteiger partial charge in [0.15, 0.2) is 5.82 Å². The zero-order chi connectivity index (χ0) is 10.6. The Bertz CT molecular complexity index is 386. The molecule has 0 saturated heterocycles. The fourth-order valence-corrected chi connectivity index (χ4v) is 0.784. The van der Waals surface area contributed by atoms with E-state index < -0.39 is 17.5 Å². The Kier molecular flexibility index (Phi) is 2.90. The number of carboxylic acids is 2. The fourth-order valence-electron chi connectivity index (χ4n) is 0.784. The van der Waals surface area contributed by atoms with E-state index in [-0.39, 0.29) is 5.82 Å². The normalized spacial score (nSPS) is 11.0. The van der Waals surface area contributed by atoms with E-state index in [1.807, 2.05) is 0 Å². The topological polar surface area (TPSA) is 100 Å². The van der Waals surface area contributed by atoms with Crippen molar-refractivity contribution in [2.45, 2.75) is 0 Å². The lowest BCUT2D eigenvalue weighted by molar-refractivity contribution is -0.133. The maximum atomic E-state index is 10.6. The van der Waals surface area contributed by atoms with E-state index in [0.717, 1.165) is 0 Å². The third-order valence-corrected chi connectivity index (χ3v) is 1.30. The summed E-state index contributed by atoms with van der Waals surface area (Å²) in [7, 11) is 0. The lowest BCUT2D eigenvalue weighted by atomic mass is 10.2. The summed E-state index contributed by atoms with van der Waals surface area (Å²) in [5.41, 5.74) is -0.446. The van der Waals surface area contributed by atoms with E-state index in [1.54, 1.807) is 0 Å². The Balaban J connectivity index is 3.14. The number of hydrogen-bond acceptors (Lipinski definition) is 4. The van der Waals surface area contributed by atoms with Gasteiger partial charge in [0.05, 0.1) is 0 Å². The van der Waals surface area contributed by atoms with Crippen molar-refractivity contribution in [1.82, 2.24) is 9.97 Å². The van der Waals surface area contributed by atoms with Crippen LogP contribution in [0.5, 0.6) is 0 Å². The quantitative estimate of drug-likeness (QED) is 0.658. The summed E-state index contributed by atoms with van der Waals surface area (Å²) < 4.78 is 0. The van der Waals surface area contributed by atoms with Crippen LogP contribution in [-0.2, 0) is 9.59 Å². The third kappa shape index (κ3) is 2.37. The highest BCUT2D eigenvalue weighted by Gasteiger charge is 2.14. The summed E-state index contributed by atoms with van der Waals surface area (Å²) in [5.74, 6) is -2.85. The number of hydrogen-bond donors (Lipinski definition) is 2.